The quantitative estimate of drug-likeness (QED) is 0.760. The summed E-state index contributed by atoms with van der Waals surface area (Å²) in [4.78, 5) is 12.3. The Morgan fingerprint density at radius 1 is 1.43 bits per heavy atom. The van der Waals surface area contributed by atoms with Gasteiger partial charge in [0.25, 0.3) is 0 Å². The third kappa shape index (κ3) is 4.01. The second-order valence-corrected chi connectivity index (χ2v) is 6.42. The van der Waals surface area contributed by atoms with E-state index in [1.165, 1.54) is 0 Å². The molecule has 2 atom stereocenters. The van der Waals surface area contributed by atoms with Crippen LogP contribution < -0.4 is 5.32 Å². The molecule has 0 bridgehead atoms. The number of aryl methyl sites for hydroxylation is 3. The molecule has 0 fully saturated rings. The molecular weight excluding hydrogens is 294 g/mol. The molecule has 0 saturated carbocycles. The van der Waals surface area contributed by atoms with Gasteiger partial charge >= 0.3 is 0 Å². The number of nitrogens with zero attached hydrogens (tertiary/aromatic N) is 1. The fourth-order valence-electron chi connectivity index (χ4n) is 2.52. The van der Waals surface area contributed by atoms with Gasteiger partial charge in [0.05, 0.1) is 12.2 Å². The molecule has 126 valence electrons. The summed E-state index contributed by atoms with van der Waals surface area (Å²) in [6.07, 6.45) is 0.613. The highest BCUT2D eigenvalue weighted by atomic mass is 16.4. The molecule has 6 heteroatoms. The summed E-state index contributed by atoms with van der Waals surface area (Å²) in [6, 6.07) is 3.52. The average molecular weight is 319 g/mol. The third-order valence-electron chi connectivity index (χ3n) is 4.12. The summed E-state index contributed by atoms with van der Waals surface area (Å²) >= 11 is 0. The first-order valence-corrected chi connectivity index (χ1v) is 7.78. The van der Waals surface area contributed by atoms with E-state index in [9.17, 15) is 9.90 Å². The minimum absolute atomic E-state index is 0.103. The maximum atomic E-state index is 12.3. The van der Waals surface area contributed by atoms with E-state index in [1.54, 1.807) is 19.1 Å². The van der Waals surface area contributed by atoms with E-state index in [1.807, 2.05) is 27.7 Å². The predicted molar refractivity (Wildman–Crippen MR) is 87.0 cm³/mol. The van der Waals surface area contributed by atoms with E-state index in [0.29, 0.717) is 12.2 Å². The van der Waals surface area contributed by atoms with Crippen molar-refractivity contribution in [3.63, 3.8) is 0 Å². The van der Waals surface area contributed by atoms with Crippen molar-refractivity contribution in [1.82, 2.24) is 15.5 Å². The van der Waals surface area contributed by atoms with Crippen molar-refractivity contribution in [3.8, 4) is 0 Å². The van der Waals surface area contributed by atoms with Crippen LogP contribution in [0.1, 0.15) is 42.3 Å². The number of aromatic nitrogens is 2. The molecule has 2 heterocycles. The highest BCUT2D eigenvalue weighted by Crippen LogP contribution is 2.22. The van der Waals surface area contributed by atoms with Gasteiger partial charge in [0.15, 0.2) is 0 Å². The minimum atomic E-state index is -1.23. The normalized spacial score (nSPS) is 15.2. The van der Waals surface area contributed by atoms with Gasteiger partial charge in [0.2, 0.25) is 5.91 Å². The summed E-state index contributed by atoms with van der Waals surface area (Å²) < 4.78 is 5.44. The summed E-state index contributed by atoms with van der Waals surface area (Å²) in [7, 11) is 0. The number of carbonyl (C=O) groups excluding carboxylic acids is 1. The number of hydrogen-bond donors (Lipinski definition) is 3. The number of H-pyrrole nitrogens is 1. The number of hydrogen-bond acceptors (Lipinski definition) is 4. The van der Waals surface area contributed by atoms with Gasteiger partial charge in [-0.05, 0) is 51.8 Å². The lowest BCUT2D eigenvalue weighted by Gasteiger charge is -2.22. The molecular formula is C17H25N3O3. The number of rotatable bonds is 6. The topological polar surface area (TPSA) is 91.1 Å². The first kappa shape index (κ1) is 17.3. The summed E-state index contributed by atoms with van der Waals surface area (Å²) in [6.45, 7) is 9.29. The smallest absolute Gasteiger partial charge is 0.223 e. The zero-order valence-corrected chi connectivity index (χ0v) is 14.4. The van der Waals surface area contributed by atoms with Gasteiger partial charge in [0, 0.05) is 11.6 Å². The Morgan fingerprint density at radius 3 is 2.65 bits per heavy atom. The van der Waals surface area contributed by atoms with Gasteiger partial charge in [-0.3, -0.25) is 9.89 Å². The zero-order valence-electron chi connectivity index (χ0n) is 14.4. The lowest BCUT2D eigenvalue weighted by Crippen LogP contribution is -2.41. The van der Waals surface area contributed by atoms with Crippen molar-refractivity contribution in [2.75, 3.05) is 6.54 Å². The molecule has 0 aliphatic heterocycles. The van der Waals surface area contributed by atoms with Crippen LogP contribution in [0.2, 0.25) is 0 Å². The maximum Gasteiger partial charge on any atom is 0.223 e. The number of aromatic amines is 1. The van der Waals surface area contributed by atoms with Gasteiger partial charge < -0.3 is 14.8 Å². The Balaban J connectivity index is 1.94. The second-order valence-electron chi connectivity index (χ2n) is 6.42. The van der Waals surface area contributed by atoms with E-state index in [4.69, 9.17) is 4.42 Å². The Labute approximate surface area is 136 Å². The summed E-state index contributed by atoms with van der Waals surface area (Å²) in [5.74, 6) is 0.864. The molecule has 23 heavy (non-hydrogen) atoms. The van der Waals surface area contributed by atoms with Crippen LogP contribution in [0.4, 0.5) is 0 Å². The molecule has 0 aromatic carbocycles. The van der Waals surface area contributed by atoms with Crippen molar-refractivity contribution in [1.29, 1.82) is 0 Å². The van der Waals surface area contributed by atoms with Gasteiger partial charge in [0.1, 0.15) is 17.1 Å². The Morgan fingerprint density at radius 2 is 2.13 bits per heavy atom. The number of aliphatic hydroxyl groups is 1. The number of furan rings is 1. The van der Waals surface area contributed by atoms with Crippen LogP contribution in [0.3, 0.4) is 0 Å². The van der Waals surface area contributed by atoms with Crippen LogP contribution in [-0.4, -0.2) is 27.8 Å². The molecule has 0 spiro atoms. The van der Waals surface area contributed by atoms with Crippen LogP contribution in [0.15, 0.2) is 16.5 Å². The van der Waals surface area contributed by atoms with E-state index >= 15 is 0 Å². The van der Waals surface area contributed by atoms with Crippen molar-refractivity contribution >= 4 is 5.91 Å². The third-order valence-corrected chi connectivity index (χ3v) is 4.12. The fourth-order valence-corrected chi connectivity index (χ4v) is 2.52. The lowest BCUT2D eigenvalue weighted by atomic mass is 9.98. The molecule has 3 N–H and O–H groups in total. The monoisotopic (exact) mass is 319 g/mol. The van der Waals surface area contributed by atoms with Crippen LogP contribution >= 0.6 is 0 Å². The first-order valence-electron chi connectivity index (χ1n) is 7.78. The number of amides is 1. The van der Waals surface area contributed by atoms with E-state index in [0.717, 1.165) is 22.7 Å². The van der Waals surface area contributed by atoms with E-state index < -0.39 is 5.60 Å². The summed E-state index contributed by atoms with van der Waals surface area (Å²) in [5.41, 5.74) is 1.74. The second kappa shape index (κ2) is 6.58. The van der Waals surface area contributed by atoms with E-state index in [2.05, 4.69) is 15.5 Å². The molecule has 0 unspecified atom stereocenters. The molecule has 0 aliphatic rings. The Bertz CT molecular complexity index is 666. The highest BCUT2D eigenvalue weighted by molar-refractivity contribution is 5.78. The largest absolute Gasteiger partial charge is 0.463 e. The van der Waals surface area contributed by atoms with Crippen LogP contribution in [0.5, 0.6) is 0 Å². The Kier molecular flexibility index (Phi) is 4.94. The first-order chi connectivity index (χ1) is 10.7. The Hall–Kier alpha value is -2.08. The van der Waals surface area contributed by atoms with Crippen LogP contribution in [0, 0.1) is 26.7 Å². The summed E-state index contributed by atoms with van der Waals surface area (Å²) in [5, 5.41) is 20.3. The zero-order chi connectivity index (χ0) is 17.2. The SMILES string of the molecule is Cc1ccc([C@@](C)(O)CNC(=O)[C@H](C)Cc2c(C)n[nH]c2C)o1. The number of carbonyl (C=O) groups is 1. The molecule has 0 saturated heterocycles. The maximum absolute atomic E-state index is 12.3. The van der Waals surface area contributed by atoms with Gasteiger partial charge in [-0.2, -0.15) is 5.10 Å². The lowest BCUT2D eigenvalue weighted by molar-refractivity contribution is -0.125. The number of nitrogens with one attached hydrogen (secondary N) is 2. The predicted octanol–water partition coefficient (Wildman–Crippen LogP) is 2.13. The van der Waals surface area contributed by atoms with Gasteiger partial charge in [-0.15, -0.1) is 0 Å². The molecule has 1 amide bonds. The van der Waals surface area contributed by atoms with Crippen molar-refractivity contribution < 1.29 is 14.3 Å². The standard InChI is InChI=1S/C17H25N3O3/c1-10(8-14-12(3)19-20-13(14)4)16(21)18-9-17(5,22)15-7-6-11(2)23-15/h6-7,10,22H,8-9H2,1-5H3,(H,18,21)(H,19,20)/t10-,17+/m1/s1. The highest BCUT2D eigenvalue weighted by Gasteiger charge is 2.28. The average Bonchev–Trinajstić information content (AvgIpc) is 3.06. The minimum Gasteiger partial charge on any atom is -0.463 e. The van der Waals surface area contributed by atoms with Crippen LogP contribution in [-0.2, 0) is 16.8 Å². The molecule has 2 aromatic heterocycles. The fraction of sp³-hybridized carbons (Fsp3) is 0.529. The molecule has 2 aromatic rings. The van der Waals surface area contributed by atoms with Crippen molar-refractivity contribution in [2.45, 2.75) is 46.6 Å². The molecule has 6 nitrogen and oxygen atoms in total. The van der Waals surface area contributed by atoms with Crippen LogP contribution in [0.25, 0.3) is 0 Å². The van der Waals surface area contributed by atoms with Gasteiger partial charge in [-0.25, -0.2) is 0 Å². The molecule has 2 rings (SSSR count). The van der Waals surface area contributed by atoms with E-state index in [-0.39, 0.29) is 18.4 Å². The van der Waals surface area contributed by atoms with Crippen molar-refractivity contribution in [2.24, 2.45) is 5.92 Å². The van der Waals surface area contributed by atoms with Crippen molar-refractivity contribution in [3.05, 3.63) is 40.6 Å². The molecule has 0 aliphatic carbocycles. The van der Waals surface area contributed by atoms with Gasteiger partial charge in [-0.1, -0.05) is 6.92 Å². The molecule has 0 radical (unpaired) electrons.